The molecule has 2 amide bonds. The van der Waals surface area contributed by atoms with Crippen molar-refractivity contribution in [2.45, 2.75) is 37.1 Å². The van der Waals surface area contributed by atoms with Crippen LogP contribution in [0.15, 0.2) is 0 Å². The summed E-state index contributed by atoms with van der Waals surface area (Å²) in [7, 11) is -3.20. The van der Waals surface area contributed by atoms with Gasteiger partial charge in [-0.25, -0.2) is 12.7 Å². The largest absolute Gasteiger partial charge is 0.405 e. The van der Waals surface area contributed by atoms with Crippen molar-refractivity contribution in [3.8, 4) is 0 Å². The molecule has 11 heteroatoms. The molecule has 1 aliphatic heterocycles. The van der Waals surface area contributed by atoms with Crippen LogP contribution in [0.3, 0.4) is 0 Å². The third-order valence-electron chi connectivity index (χ3n) is 4.09. The molecule has 0 aromatic heterocycles. The lowest BCUT2D eigenvalue weighted by molar-refractivity contribution is -0.146. The van der Waals surface area contributed by atoms with E-state index in [9.17, 15) is 31.2 Å². The van der Waals surface area contributed by atoms with Gasteiger partial charge in [0, 0.05) is 19.6 Å². The number of amides is 2. The van der Waals surface area contributed by atoms with Crippen LogP contribution in [0.5, 0.6) is 0 Å². The number of carbonyl (C=O) groups excluding carboxylic acids is 2. The van der Waals surface area contributed by atoms with Crippen molar-refractivity contribution in [2.24, 2.45) is 5.92 Å². The minimum atomic E-state index is -4.57. The Labute approximate surface area is 138 Å². The first-order valence-corrected chi connectivity index (χ1v) is 9.21. The minimum Gasteiger partial charge on any atom is -0.348 e. The number of nitrogens with one attached hydrogen (secondary N) is 2. The lowest BCUT2D eigenvalue weighted by atomic mass is 9.98. The highest BCUT2D eigenvalue weighted by Crippen LogP contribution is 2.32. The summed E-state index contributed by atoms with van der Waals surface area (Å²) in [4.78, 5) is 22.6. The van der Waals surface area contributed by atoms with Crippen molar-refractivity contribution in [1.29, 1.82) is 0 Å². The number of sulfonamides is 1. The normalized spacial score (nSPS) is 20.6. The van der Waals surface area contributed by atoms with Crippen LogP contribution in [0, 0.1) is 5.92 Å². The van der Waals surface area contributed by atoms with E-state index in [1.165, 1.54) is 9.62 Å². The predicted octanol–water partition coefficient (Wildman–Crippen LogP) is -0.0147. The maximum Gasteiger partial charge on any atom is 0.405 e. The lowest BCUT2D eigenvalue weighted by Crippen LogP contribution is -2.46. The van der Waals surface area contributed by atoms with Gasteiger partial charge in [0.1, 0.15) is 6.54 Å². The standard InChI is InChI=1S/C13H20F3N3O4S/c14-13(15,16)8-18-12(21)11(20)17-7-9-3-5-19(6-4-9)24(22,23)10-1-2-10/h9-10H,1-8H2,(H,17,20)(H,18,21). The molecule has 2 N–H and O–H groups in total. The number of carbonyl (C=O) groups is 2. The summed E-state index contributed by atoms with van der Waals surface area (Å²) in [6.45, 7) is -0.703. The van der Waals surface area contributed by atoms with Gasteiger partial charge in [0.05, 0.1) is 5.25 Å². The van der Waals surface area contributed by atoms with E-state index in [1.54, 1.807) is 0 Å². The molecule has 0 spiro atoms. The van der Waals surface area contributed by atoms with Crippen LogP contribution in [0.1, 0.15) is 25.7 Å². The van der Waals surface area contributed by atoms with Gasteiger partial charge in [-0.1, -0.05) is 0 Å². The first kappa shape index (κ1) is 19.0. The van der Waals surface area contributed by atoms with Gasteiger partial charge in [0.2, 0.25) is 10.0 Å². The van der Waals surface area contributed by atoms with Crippen LogP contribution >= 0.6 is 0 Å². The van der Waals surface area contributed by atoms with Crippen molar-refractivity contribution in [3.05, 3.63) is 0 Å². The number of hydrogen-bond donors (Lipinski definition) is 2. The van der Waals surface area contributed by atoms with Crippen LogP contribution in [0.2, 0.25) is 0 Å². The number of piperidine rings is 1. The molecule has 0 atom stereocenters. The predicted molar refractivity (Wildman–Crippen MR) is 78.3 cm³/mol. The summed E-state index contributed by atoms with van der Waals surface area (Å²) in [6, 6.07) is 0. The second-order valence-electron chi connectivity index (χ2n) is 6.09. The van der Waals surface area contributed by atoms with Gasteiger partial charge in [0.15, 0.2) is 0 Å². The highest BCUT2D eigenvalue weighted by molar-refractivity contribution is 7.90. The van der Waals surface area contributed by atoms with Crippen molar-refractivity contribution < 1.29 is 31.2 Å². The number of hydrogen-bond acceptors (Lipinski definition) is 4. The monoisotopic (exact) mass is 371 g/mol. The maximum atomic E-state index is 12.1. The first-order valence-electron chi connectivity index (χ1n) is 7.71. The maximum absolute atomic E-state index is 12.1. The molecular weight excluding hydrogens is 351 g/mol. The zero-order valence-electron chi connectivity index (χ0n) is 12.9. The number of alkyl halides is 3. The molecule has 2 aliphatic rings. The van der Waals surface area contributed by atoms with Crippen LogP contribution < -0.4 is 10.6 Å². The quantitative estimate of drug-likeness (QED) is 0.665. The second-order valence-corrected chi connectivity index (χ2v) is 8.31. The molecule has 138 valence electrons. The van der Waals surface area contributed by atoms with Crippen molar-refractivity contribution >= 4 is 21.8 Å². The van der Waals surface area contributed by atoms with E-state index >= 15 is 0 Å². The molecule has 0 unspecified atom stereocenters. The first-order chi connectivity index (χ1) is 11.1. The van der Waals surface area contributed by atoms with Gasteiger partial charge < -0.3 is 10.6 Å². The summed E-state index contributed by atoms with van der Waals surface area (Å²) >= 11 is 0. The lowest BCUT2D eigenvalue weighted by Gasteiger charge is -2.31. The fourth-order valence-corrected chi connectivity index (χ4v) is 4.40. The zero-order chi connectivity index (χ0) is 18.0. The molecule has 1 aliphatic carbocycles. The summed E-state index contributed by atoms with van der Waals surface area (Å²) in [6.07, 6.45) is -2.10. The Morgan fingerprint density at radius 3 is 2.04 bits per heavy atom. The van der Waals surface area contributed by atoms with Gasteiger partial charge in [-0.05, 0) is 31.6 Å². The number of rotatable bonds is 5. The number of halogens is 3. The Balaban J connectivity index is 1.68. The smallest absolute Gasteiger partial charge is 0.348 e. The van der Waals surface area contributed by atoms with Crippen molar-refractivity contribution in [2.75, 3.05) is 26.2 Å². The summed E-state index contributed by atoms with van der Waals surface area (Å²) in [5, 5.41) is 3.53. The van der Waals surface area contributed by atoms with E-state index in [0.717, 1.165) is 0 Å². The van der Waals surface area contributed by atoms with E-state index in [0.29, 0.717) is 38.8 Å². The Morgan fingerprint density at radius 2 is 1.54 bits per heavy atom. The molecule has 0 aromatic rings. The average Bonchev–Trinajstić information content (AvgIpc) is 3.35. The van der Waals surface area contributed by atoms with Gasteiger partial charge >= 0.3 is 18.0 Å². The average molecular weight is 371 g/mol. The number of nitrogens with zero attached hydrogens (tertiary/aromatic N) is 1. The molecule has 1 saturated heterocycles. The van der Waals surface area contributed by atoms with Crippen LogP contribution in [-0.4, -0.2) is 62.1 Å². The molecule has 0 aromatic carbocycles. The zero-order valence-corrected chi connectivity index (χ0v) is 13.8. The van der Waals surface area contributed by atoms with Gasteiger partial charge in [-0.2, -0.15) is 13.2 Å². The molecule has 0 radical (unpaired) electrons. The third-order valence-corrected chi connectivity index (χ3v) is 6.48. The van der Waals surface area contributed by atoms with Gasteiger partial charge in [-0.15, -0.1) is 0 Å². The SMILES string of the molecule is O=C(NCC1CCN(S(=O)(=O)C2CC2)CC1)C(=O)NCC(F)(F)F. The van der Waals surface area contributed by atoms with Crippen LogP contribution in [-0.2, 0) is 19.6 Å². The molecule has 1 saturated carbocycles. The molecule has 24 heavy (non-hydrogen) atoms. The van der Waals surface area contributed by atoms with E-state index < -0.39 is 34.6 Å². The van der Waals surface area contributed by atoms with Gasteiger partial charge in [-0.3, -0.25) is 9.59 Å². The topological polar surface area (TPSA) is 95.6 Å². The molecule has 2 fully saturated rings. The van der Waals surface area contributed by atoms with E-state index in [-0.39, 0.29) is 17.7 Å². The fraction of sp³-hybridized carbons (Fsp3) is 0.846. The Bertz CT molecular complexity index is 582. The summed E-state index contributed by atoms with van der Waals surface area (Å²) in [5.74, 6) is -2.46. The van der Waals surface area contributed by atoms with E-state index in [4.69, 9.17) is 0 Å². The summed E-state index contributed by atoms with van der Waals surface area (Å²) in [5.41, 5.74) is 0. The Hall–Kier alpha value is -1.36. The van der Waals surface area contributed by atoms with Gasteiger partial charge in [0.25, 0.3) is 0 Å². The Morgan fingerprint density at radius 1 is 1.00 bits per heavy atom. The molecule has 1 heterocycles. The fourth-order valence-electron chi connectivity index (χ4n) is 2.52. The second kappa shape index (κ2) is 7.26. The van der Waals surface area contributed by atoms with E-state index in [1.807, 2.05) is 0 Å². The molecular formula is C13H20F3N3O4S. The van der Waals surface area contributed by atoms with Crippen LogP contribution in [0.4, 0.5) is 13.2 Å². The highest BCUT2D eigenvalue weighted by atomic mass is 32.2. The highest BCUT2D eigenvalue weighted by Gasteiger charge is 2.41. The van der Waals surface area contributed by atoms with Crippen molar-refractivity contribution in [3.63, 3.8) is 0 Å². The molecule has 0 bridgehead atoms. The molecule has 7 nitrogen and oxygen atoms in total. The Kier molecular flexibility index (Phi) is 5.74. The minimum absolute atomic E-state index is 0.00461. The van der Waals surface area contributed by atoms with E-state index in [2.05, 4.69) is 5.32 Å². The third kappa shape index (κ3) is 5.33. The summed E-state index contributed by atoms with van der Waals surface area (Å²) < 4.78 is 61.5. The van der Waals surface area contributed by atoms with Crippen LogP contribution in [0.25, 0.3) is 0 Å². The van der Waals surface area contributed by atoms with Crippen molar-refractivity contribution in [1.82, 2.24) is 14.9 Å². The molecule has 2 rings (SSSR count).